The molecule has 0 heterocycles. The monoisotopic (exact) mass is 282 g/mol. The summed E-state index contributed by atoms with van der Waals surface area (Å²) in [5, 5.41) is 20.5. The Morgan fingerprint density at radius 1 is 0.952 bits per heavy atom. The van der Waals surface area contributed by atoms with Crippen LogP contribution in [0.3, 0.4) is 0 Å². The second kappa shape index (κ2) is 5.80. The minimum atomic E-state index is 0.289. The van der Waals surface area contributed by atoms with Crippen molar-refractivity contribution >= 4 is 0 Å². The molecule has 2 heteroatoms. The molecule has 1 aliphatic rings. The van der Waals surface area contributed by atoms with E-state index >= 15 is 0 Å². The van der Waals surface area contributed by atoms with Crippen molar-refractivity contribution in [2.45, 2.75) is 44.9 Å². The first-order valence-electron chi connectivity index (χ1n) is 7.78. The molecule has 2 aromatic rings. The lowest BCUT2D eigenvalue weighted by molar-refractivity contribution is 0.412. The molecular formula is C19H22O2. The van der Waals surface area contributed by atoms with Crippen LogP contribution in [0.5, 0.6) is 11.5 Å². The first-order chi connectivity index (χ1) is 10.2. The molecule has 0 radical (unpaired) electrons. The van der Waals surface area contributed by atoms with Crippen molar-refractivity contribution in [3.63, 3.8) is 0 Å². The third-order valence-corrected chi connectivity index (χ3v) is 4.59. The fourth-order valence-electron chi connectivity index (χ4n) is 3.40. The molecule has 1 saturated carbocycles. The zero-order chi connectivity index (χ0) is 14.8. The standard InChI is InChI=1S/C19H22O2/c1-13-11-15(16-9-5-6-10-18(16)20)12-17(19(13)21)14-7-3-2-4-8-14/h5-6,9-12,14,20-21H,2-4,7-8H2,1H3. The summed E-state index contributed by atoms with van der Waals surface area (Å²) in [7, 11) is 0. The molecule has 2 nitrogen and oxygen atoms in total. The van der Waals surface area contributed by atoms with E-state index in [0.29, 0.717) is 11.7 Å². The lowest BCUT2D eigenvalue weighted by Crippen LogP contribution is -2.05. The van der Waals surface area contributed by atoms with Gasteiger partial charge in [-0.15, -0.1) is 0 Å². The van der Waals surface area contributed by atoms with Gasteiger partial charge in [0, 0.05) is 5.56 Å². The molecule has 0 spiro atoms. The van der Waals surface area contributed by atoms with E-state index in [1.165, 1.54) is 19.3 Å². The molecule has 21 heavy (non-hydrogen) atoms. The van der Waals surface area contributed by atoms with Crippen LogP contribution in [0, 0.1) is 6.92 Å². The van der Waals surface area contributed by atoms with E-state index in [1.54, 1.807) is 6.07 Å². The largest absolute Gasteiger partial charge is 0.507 e. The predicted octanol–water partition coefficient (Wildman–Crippen LogP) is 5.12. The van der Waals surface area contributed by atoms with Gasteiger partial charge in [-0.2, -0.15) is 0 Å². The zero-order valence-corrected chi connectivity index (χ0v) is 12.5. The van der Waals surface area contributed by atoms with Crippen LogP contribution in [0.4, 0.5) is 0 Å². The summed E-state index contributed by atoms with van der Waals surface area (Å²) >= 11 is 0. The lowest BCUT2D eigenvalue weighted by atomic mass is 9.82. The molecule has 0 atom stereocenters. The Morgan fingerprint density at radius 3 is 2.38 bits per heavy atom. The summed E-state index contributed by atoms with van der Waals surface area (Å²) in [4.78, 5) is 0. The molecule has 0 aliphatic heterocycles. The molecule has 0 amide bonds. The van der Waals surface area contributed by atoms with E-state index in [9.17, 15) is 10.2 Å². The molecule has 0 unspecified atom stereocenters. The van der Waals surface area contributed by atoms with Crippen LogP contribution < -0.4 is 0 Å². The highest BCUT2D eigenvalue weighted by Gasteiger charge is 2.21. The van der Waals surface area contributed by atoms with Crippen LogP contribution in [0.1, 0.15) is 49.1 Å². The van der Waals surface area contributed by atoms with Gasteiger partial charge in [0.2, 0.25) is 0 Å². The molecule has 3 rings (SSSR count). The van der Waals surface area contributed by atoms with E-state index < -0.39 is 0 Å². The van der Waals surface area contributed by atoms with Crippen LogP contribution in [-0.4, -0.2) is 10.2 Å². The van der Waals surface area contributed by atoms with E-state index in [0.717, 1.165) is 35.1 Å². The summed E-state index contributed by atoms with van der Waals surface area (Å²) in [5.41, 5.74) is 3.76. The van der Waals surface area contributed by atoms with Gasteiger partial charge in [0.25, 0.3) is 0 Å². The topological polar surface area (TPSA) is 40.5 Å². The van der Waals surface area contributed by atoms with Crippen LogP contribution in [0.2, 0.25) is 0 Å². The summed E-state index contributed by atoms with van der Waals surface area (Å²) in [6.45, 7) is 1.94. The Balaban J connectivity index is 2.07. The summed E-state index contributed by atoms with van der Waals surface area (Å²) in [5.74, 6) is 1.17. The molecule has 110 valence electrons. The van der Waals surface area contributed by atoms with E-state index in [4.69, 9.17) is 0 Å². The van der Waals surface area contributed by atoms with Gasteiger partial charge >= 0.3 is 0 Å². The van der Waals surface area contributed by atoms with Gasteiger partial charge in [0.15, 0.2) is 0 Å². The third-order valence-electron chi connectivity index (χ3n) is 4.59. The predicted molar refractivity (Wildman–Crippen MR) is 85.8 cm³/mol. The Bertz CT molecular complexity index is 640. The quantitative estimate of drug-likeness (QED) is 0.802. The number of phenols is 2. The summed E-state index contributed by atoms with van der Waals surface area (Å²) in [6, 6.07) is 11.4. The molecule has 0 saturated heterocycles. The molecule has 1 aliphatic carbocycles. The highest BCUT2D eigenvalue weighted by molar-refractivity contribution is 5.72. The minimum Gasteiger partial charge on any atom is -0.507 e. The lowest BCUT2D eigenvalue weighted by Gasteiger charge is -2.24. The number of aromatic hydroxyl groups is 2. The molecule has 2 aromatic carbocycles. The van der Waals surface area contributed by atoms with E-state index in [1.807, 2.05) is 31.2 Å². The summed E-state index contributed by atoms with van der Waals surface area (Å²) < 4.78 is 0. The second-order valence-corrected chi connectivity index (χ2v) is 6.08. The van der Waals surface area contributed by atoms with Crippen molar-refractivity contribution in [3.8, 4) is 22.6 Å². The molecule has 2 N–H and O–H groups in total. The molecule has 0 bridgehead atoms. The average molecular weight is 282 g/mol. The Kier molecular flexibility index (Phi) is 3.87. The van der Waals surface area contributed by atoms with Crippen LogP contribution >= 0.6 is 0 Å². The second-order valence-electron chi connectivity index (χ2n) is 6.08. The van der Waals surface area contributed by atoms with Crippen LogP contribution in [-0.2, 0) is 0 Å². The summed E-state index contributed by atoms with van der Waals surface area (Å²) in [6.07, 6.45) is 6.08. The fraction of sp³-hybridized carbons (Fsp3) is 0.368. The maximum absolute atomic E-state index is 10.4. The van der Waals surface area contributed by atoms with Crippen molar-refractivity contribution in [2.75, 3.05) is 0 Å². The van der Waals surface area contributed by atoms with Crippen molar-refractivity contribution in [1.82, 2.24) is 0 Å². The minimum absolute atomic E-state index is 0.289. The number of hydrogen-bond acceptors (Lipinski definition) is 2. The van der Waals surface area contributed by atoms with Crippen molar-refractivity contribution in [1.29, 1.82) is 0 Å². The Morgan fingerprint density at radius 2 is 1.67 bits per heavy atom. The van der Waals surface area contributed by atoms with Gasteiger partial charge < -0.3 is 10.2 Å². The van der Waals surface area contributed by atoms with Gasteiger partial charge in [-0.05, 0) is 60.6 Å². The van der Waals surface area contributed by atoms with Gasteiger partial charge in [-0.25, -0.2) is 0 Å². The first-order valence-corrected chi connectivity index (χ1v) is 7.78. The number of rotatable bonds is 2. The van der Waals surface area contributed by atoms with Gasteiger partial charge in [-0.1, -0.05) is 37.5 Å². The van der Waals surface area contributed by atoms with Crippen LogP contribution in [0.25, 0.3) is 11.1 Å². The highest BCUT2D eigenvalue weighted by Crippen LogP contribution is 2.41. The number of benzene rings is 2. The fourth-order valence-corrected chi connectivity index (χ4v) is 3.40. The highest BCUT2D eigenvalue weighted by atomic mass is 16.3. The maximum Gasteiger partial charge on any atom is 0.123 e. The third kappa shape index (κ3) is 2.76. The van der Waals surface area contributed by atoms with E-state index in [2.05, 4.69) is 6.07 Å². The number of aryl methyl sites for hydroxylation is 1. The molecule has 0 aromatic heterocycles. The van der Waals surface area contributed by atoms with Gasteiger partial charge in [0.1, 0.15) is 11.5 Å². The van der Waals surface area contributed by atoms with Crippen LogP contribution in [0.15, 0.2) is 36.4 Å². The number of phenolic OH excluding ortho intramolecular Hbond substituents is 2. The zero-order valence-electron chi connectivity index (χ0n) is 12.5. The van der Waals surface area contributed by atoms with Crippen molar-refractivity contribution in [2.24, 2.45) is 0 Å². The SMILES string of the molecule is Cc1cc(-c2ccccc2O)cc(C2CCCCC2)c1O. The Labute approximate surface area is 126 Å². The molecular weight excluding hydrogens is 260 g/mol. The smallest absolute Gasteiger partial charge is 0.123 e. The first kappa shape index (κ1) is 14.0. The Hall–Kier alpha value is -1.96. The maximum atomic E-state index is 10.4. The van der Waals surface area contributed by atoms with Gasteiger partial charge in [-0.3, -0.25) is 0 Å². The molecule has 1 fully saturated rings. The van der Waals surface area contributed by atoms with E-state index in [-0.39, 0.29) is 5.75 Å². The van der Waals surface area contributed by atoms with Gasteiger partial charge in [0.05, 0.1) is 0 Å². The average Bonchev–Trinajstić information content (AvgIpc) is 2.51. The number of para-hydroxylation sites is 1. The normalized spacial score (nSPS) is 16.0. The number of hydrogen-bond donors (Lipinski definition) is 2. The van der Waals surface area contributed by atoms with Crippen molar-refractivity contribution in [3.05, 3.63) is 47.5 Å². The van der Waals surface area contributed by atoms with Crippen molar-refractivity contribution < 1.29 is 10.2 Å².